The van der Waals surface area contributed by atoms with Gasteiger partial charge in [0.15, 0.2) is 5.69 Å². The van der Waals surface area contributed by atoms with Crippen molar-refractivity contribution in [2.24, 2.45) is 28.7 Å². The fourth-order valence-electron chi connectivity index (χ4n) is 2.49. The number of nitrogens with zero attached hydrogens (tertiary/aromatic N) is 4. The molecule has 0 aliphatic carbocycles. The molecule has 0 saturated carbocycles. The number of halogens is 2. The molecule has 4 N–H and O–H groups in total. The first-order chi connectivity index (χ1) is 11.0. The van der Waals surface area contributed by atoms with E-state index in [0.29, 0.717) is 0 Å². The van der Waals surface area contributed by atoms with E-state index in [0.717, 1.165) is 22.5 Å². The Labute approximate surface area is 167 Å². The van der Waals surface area contributed by atoms with Crippen LogP contribution in [0.25, 0.3) is 16.9 Å². The summed E-state index contributed by atoms with van der Waals surface area (Å²) in [5.41, 5.74) is 16.1. The minimum atomic E-state index is -0.0549. The van der Waals surface area contributed by atoms with Gasteiger partial charge in [-0.05, 0) is 36.2 Å². The predicted molar refractivity (Wildman–Crippen MR) is 102 cm³/mol. The van der Waals surface area contributed by atoms with Crippen LogP contribution in [0.3, 0.4) is 0 Å². The van der Waals surface area contributed by atoms with Crippen LogP contribution in [-0.2, 0) is 7.05 Å². The van der Waals surface area contributed by atoms with E-state index in [2.05, 4.69) is 69.8 Å². The zero-order valence-corrected chi connectivity index (χ0v) is 17.2. The Kier molecular flexibility index (Phi) is 7.32. The fourth-order valence-corrected chi connectivity index (χ4v) is 2.49. The van der Waals surface area contributed by atoms with E-state index >= 15 is 0 Å². The van der Waals surface area contributed by atoms with Crippen molar-refractivity contribution in [3.8, 4) is 11.3 Å². The van der Waals surface area contributed by atoms with E-state index in [1.165, 1.54) is 5.56 Å². The number of pyridine rings is 1. The molecule has 3 aromatic rings. The summed E-state index contributed by atoms with van der Waals surface area (Å²) >= 11 is 0. The van der Waals surface area contributed by atoms with Crippen LogP contribution < -0.4 is 32.8 Å². The van der Waals surface area contributed by atoms with Crippen LogP contribution in [0.15, 0.2) is 59.0 Å². The second kappa shape index (κ2) is 8.77. The Bertz CT molecular complexity index is 909. The first-order valence-corrected chi connectivity index (χ1v) is 7.24. The molecule has 25 heavy (non-hydrogen) atoms. The van der Waals surface area contributed by atoms with E-state index in [4.69, 9.17) is 11.5 Å². The minimum absolute atomic E-state index is 0. The molecule has 0 fully saturated rings. The van der Waals surface area contributed by atoms with Gasteiger partial charge in [-0.15, -0.1) is 22.1 Å². The number of benzene rings is 1. The van der Waals surface area contributed by atoms with E-state index in [1.807, 2.05) is 12.1 Å². The van der Waals surface area contributed by atoms with Gasteiger partial charge in [0.2, 0.25) is 5.96 Å². The SMILES string of the molecule is Br.Cc1cc[n+]2cc(-c3ccc(C=NN=C(N)N)cc3)n(C)c2c1.[Br-]. The molecule has 0 saturated heterocycles. The highest BCUT2D eigenvalue weighted by Crippen LogP contribution is 2.20. The highest BCUT2D eigenvalue weighted by Gasteiger charge is 2.15. The Morgan fingerprint density at radius 3 is 2.48 bits per heavy atom. The quantitative estimate of drug-likeness (QED) is 0.222. The molecule has 0 atom stereocenters. The number of guanidine groups is 1. The van der Waals surface area contributed by atoms with Crippen LogP contribution >= 0.6 is 17.0 Å². The van der Waals surface area contributed by atoms with Gasteiger partial charge in [-0.25, -0.2) is 8.97 Å². The van der Waals surface area contributed by atoms with Gasteiger partial charge >= 0.3 is 0 Å². The number of fused-ring (bicyclic) bond motifs is 1. The van der Waals surface area contributed by atoms with Crippen molar-refractivity contribution in [2.45, 2.75) is 6.92 Å². The van der Waals surface area contributed by atoms with Crippen LogP contribution in [0.1, 0.15) is 11.1 Å². The molecule has 3 rings (SSSR count). The number of nitrogens with two attached hydrogens (primary N) is 2. The van der Waals surface area contributed by atoms with E-state index in [9.17, 15) is 0 Å². The summed E-state index contributed by atoms with van der Waals surface area (Å²) in [5, 5.41) is 7.40. The van der Waals surface area contributed by atoms with Crippen LogP contribution in [-0.4, -0.2) is 16.7 Å². The average molecular weight is 468 g/mol. The third kappa shape index (κ3) is 4.67. The van der Waals surface area contributed by atoms with Crippen LogP contribution in [0.2, 0.25) is 0 Å². The molecule has 0 unspecified atom stereocenters. The Balaban J connectivity index is 0.00000156. The largest absolute Gasteiger partial charge is 1.00 e. The van der Waals surface area contributed by atoms with E-state index in [1.54, 1.807) is 6.21 Å². The summed E-state index contributed by atoms with van der Waals surface area (Å²) in [4.78, 5) is 0. The zero-order chi connectivity index (χ0) is 16.4. The van der Waals surface area contributed by atoms with Crippen molar-refractivity contribution >= 4 is 34.8 Å². The minimum Gasteiger partial charge on any atom is -1.00 e. The standard InChI is InChI=1S/C17H19N6.2BrH/c1-12-7-8-23-11-15(22(2)16(23)9-12)14-5-3-13(4-6-14)10-20-21-17(18)19;;/h3-11H,1-2H3,(H4,18,19,21);2*1H/q+1;;/p-1. The maximum Gasteiger partial charge on any atom is 0.286 e. The Hall–Kier alpha value is -2.19. The molecule has 0 aliphatic heterocycles. The first kappa shape index (κ1) is 20.9. The maximum absolute atomic E-state index is 5.23. The summed E-state index contributed by atoms with van der Waals surface area (Å²) in [6.07, 6.45) is 5.81. The molecule has 0 bridgehead atoms. The van der Waals surface area contributed by atoms with Gasteiger partial charge in [-0.3, -0.25) is 0 Å². The molecule has 8 heteroatoms. The lowest BCUT2D eigenvalue weighted by molar-refractivity contribution is -0.510. The number of imidazole rings is 1. The molecular formula is C17H20Br2N6. The van der Waals surface area contributed by atoms with Gasteiger partial charge in [0.05, 0.1) is 19.5 Å². The lowest BCUT2D eigenvalue weighted by Gasteiger charge is -1.98. The molecule has 2 heterocycles. The van der Waals surface area contributed by atoms with Gasteiger partial charge in [0.1, 0.15) is 6.20 Å². The Morgan fingerprint density at radius 1 is 1.16 bits per heavy atom. The molecule has 2 aromatic heterocycles. The normalized spacial score (nSPS) is 10.3. The lowest BCUT2D eigenvalue weighted by Crippen LogP contribution is -3.00. The number of hydrogen-bond donors (Lipinski definition) is 2. The molecule has 132 valence electrons. The van der Waals surface area contributed by atoms with Crippen LogP contribution in [0, 0.1) is 6.92 Å². The molecule has 0 radical (unpaired) electrons. The second-order valence-corrected chi connectivity index (χ2v) is 5.43. The Morgan fingerprint density at radius 2 is 1.84 bits per heavy atom. The average Bonchev–Trinajstić information content (AvgIpc) is 2.85. The molecule has 6 nitrogen and oxygen atoms in total. The number of rotatable bonds is 3. The van der Waals surface area contributed by atoms with Crippen molar-refractivity contribution < 1.29 is 21.4 Å². The predicted octanol–water partition coefficient (Wildman–Crippen LogP) is -1.07. The molecule has 1 aromatic carbocycles. The van der Waals surface area contributed by atoms with Crippen LogP contribution in [0.4, 0.5) is 0 Å². The highest BCUT2D eigenvalue weighted by molar-refractivity contribution is 8.93. The smallest absolute Gasteiger partial charge is 0.286 e. The molecular weight excluding hydrogens is 448 g/mol. The summed E-state index contributed by atoms with van der Waals surface area (Å²) in [7, 11) is 2.07. The number of hydrogen-bond acceptors (Lipinski definition) is 2. The van der Waals surface area contributed by atoms with Gasteiger partial charge < -0.3 is 28.4 Å². The van der Waals surface area contributed by atoms with Crippen molar-refractivity contribution in [1.29, 1.82) is 0 Å². The first-order valence-electron chi connectivity index (χ1n) is 7.24. The van der Waals surface area contributed by atoms with Crippen molar-refractivity contribution in [3.05, 3.63) is 59.9 Å². The van der Waals surface area contributed by atoms with Crippen molar-refractivity contribution in [2.75, 3.05) is 0 Å². The highest BCUT2D eigenvalue weighted by atomic mass is 79.9. The summed E-state index contributed by atoms with van der Waals surface area (Å²) in [5.74, 6) is -0.0549. The fraction of sp³-hybridized carbons (Fsp3) is 0.118. The van der Waals surface area contributed by atoms with Gasteiger partial charge in [-0.2, -0.15) is 5.10 Å². The monoisotopic (exact) mass is 466 g/mol. The van der Waals surface area contributed by atoms with Crippen LogP contribution in [0.5, 0.6) is 0 Å². The molecule has 0 spiro atoms. The molecule has 0 aliphatic rings. The molecule has 0 amide bonds. The zero-order valence-electron chi connectivity index (χ0n) is 13.9. The van der Waals surface area contributed by atoms with Crippen molar-refractivity contribution in [1.82, 2.24) is 4.57 Å². The lowest BCUT2D eigenvalue weighted by atomic mass is 10.1. The number of aryl methyl sites for hydroxylation is 2. The van der Waals surface area contributed by atoms with Gasteiger partial charge in [-0.1, -0.05) is 12.1 Å². The van der Waals surface area contributed by atoms with Crippen molar-refractivity contribution in [3.63, 3.8) is 0 Å². The van der Waals surface area contributed by atoms with E-state index < -0.39 is 0 Å². The summed E-state index contributed by atoms with van der Waals surface area (Å²) in [6, 6.07) is 12.3. The summed E-state index contributed by atoms with van der Waals surface area (Å²) < 4.78 is 4.30. The number of aromatic nitrogens is 2. The van der Waals surface area contributed by atoms with Gasteiger partial charge in [0.25, 0.3) is 5.65 Å². The third-order valence-corrected chi connectivity index (χ3v) is 3.67. The van der Waals surface area contributed by atoms with E-state index in [-0.39, 0.29) is 39.9 Å². The maximum atomic E-state index is 5.23. The second-order valence-electron chi connectivity index (χ2n) is 5.43. The topological polar surface area (TPSA) is 85.8 Å². The summed E-state index contributed by atoms with van der Waals surface area (Å²) in [6.45, 7) is 2.09. The van der Waals surface area contributed by atoms with Gasteiger partial charge in [0, 0.05) is 11.6 Å². The third-order valence-electron chi connectivity index (χ3n) is 3.67.